The van der Waals surface area contributed by atoms with Gasteiger partial charge in [0.15, 0.2) is 17.3 Å². The largest absolute Gasteiger partial charge is 0.377 e. The monoisotopic (exact) mass is 358 g/mol. The molecule has 1 aliphatic carbocycles. The third-order valence-electron chi connectivity index (χ3n) is 5.02. The molecular weight excluding hydrogens is 340 g/mol. The first-order valence-electron chi connectivity index (χ1n) is 8.41. The van der Waals surface area contributed by atoms with Crippen LogP contribution in [0, 0.1) is 23.2 Å². The molecule has 1 saturated carbocycles. The van der Waals surface area contributed by atoms with Gasteiger partial charge in [0, 0.05) is 26.1 Å². The van der Waals surface area contributed by atoms with Gasteiger partial charge in [-0.25, -0.2) is 9.97 Å². The van der Waals surface area contributed by atoms with Crippen molar-refractivity contribution in [2.75, 3.05) is 25.1 Å². The van der Waals surface area contributed by atoms with Crippen molar-refractivity contribution in [3.05, 3.63) is 34.5 Å². The number of nitrogens with zero attached hydrogens (tertiary/aromatic N) is 5. The maximum Gasteiger partial charge on any atom is 0.161 e. The van der Waals surface area contributed by atoms with Crippen LogP contribution in [-0.4, -0.2) is 40.4 Å². The van der Waals surface area contributed by atoms with Crippen LogP contribution < -0.4 is 4.90 Å². The number of nitriles is 1. The van der Waals surface area contributed by atoms with E-state index in [9.17, 15) is 0 Å². The fourth-order valence-corrected chi connectivity index (χ4v) is 3.80. The van der Waals surface area contributed by atoms with E-state index in [1.54, 1.807) is 13.2 Å². The number of hydrogen-bond acceptors (Lipinski definition) is 6. The summed E-state index contributed by atoms with van der Waals surface area (Å²) >= 11 is 6.01. The lowest BCUT2D eigenvalue weighted by atomic mass is 9.91. The molecule has 130 valence electrons. The molecule has 0 unspecified atom stereocenters. The molecule has 1 aliphatic heterocycles. The molecule has 0 spiro atoms. The van der Waals surface area contributed by atoms with Crippen LogP contribution in [0.1, 0.15) is 36.1 Å². The van der Waals surface area contributed by atoms with Crippen molar-refractivity contribution >= 4 is 17.4 Å². The molecule has 2 aromatic rings. The standard InChI is InChI=1S/C17H19ClN6O/c1-25-9-15-21-17(23-22-15)12-8-24(7-11(12)10-2-3-10)16-5-4-13(18)14(6-19)20-16/h4-5,10-12H,2-3,7-9H2,1H3,(H,21,22,23)/t11-,12+/m1/s1. The molecule has 3 heterocycles. The van der Waals surface area contributed by atoms with E-state index < -0.39 is 0 Å². The van der Waals surface area contributed by atoms with Crippen LogP contribution in [0.5, 0.6) is 0 Å². The normalized spacial score (nSPS) is 23.0. The summed E-state index contributed by atoms with van der Waals surface area (Å²) in [6.07, 6.45) is 2.53. The molecule has 8 heteroatoms. The van der Waals surface area contributed by atoms with Gasteiger partial charge in [0.2, 0.25) is 0 Å². The zero-order valence-electron chi connectivity index (χ0n) is 13.9. The summed E-state index contributed by atoms with van der Waals surface area (Å²) < 4.78 is 5.12. The second kappa shape index (κ2) is 6.62. The average molecular weight is 359 g/mol. The van der Waals surface area contributed by atoms with Crippen molar-refractivity contribution in [3.8, 4) is 6.07 Å². The molecule has 2 aliphatic rings. The molecule has 2 aromatic heterocycles. The summed E-state index contributed by atoms with van der Waals surface area (Å²) in [6.45, 7) is 2.13. The van der Waals surface area contributed by atoms with Crippen LogP contribution in [0.2, 0.25) is 5.02 Å². The SMILES string of the molecule is COCc1nc([C@H]2CN(c3ccc(Cl)c(C#N)n3)C[C@@H]2C2CC2)n[nH]1. The van der Waals surface area contributed by atoms with Gasteiger partial charge in [-0.1, -0.05) is 11.6 Å². The fraction of sp³-hybridized carbons (Fsp3) is 0.529. The Balaban J connectivity index is 1.59. The van der Waals surface area contributed by atoms with Crippen LogP contribution in [0.15, 0.2) is 12.1 Å². The van der Waals surface area contributed by atoms with Gasteiger partial charge in [-0.05, 0) is 36.8 Å². The molecule has 25 heavy (non-hydrogen) atoms. The minimum Gasteiger partial charge on any atom is -0.377 e. The number of anilines is 1. The quantitative estimate of drug-likeness (QED) is 0.883. The Morgan fingerprint density at radius 2 is 2.20 bits per heavy atom. The first-order chi connectivity index (χ1) is 12.2. The Hall–Kier alpha value is -2.17. The van der Waals surface area contributed by atoms with E-state index in [1.807, 2.05) is 6.07 Å². The van der Waals surface area contributed by atoms with Crippen LogP contribution in [0.3, 0.4) is 0 Å². The van der Waals surface area contributed by atoms with E-state index in [4.69, 9.17) is 21.6 Å². The third kappa shape index (κ3) is 3.20. The lowest BCUT2D eigenvalue weighted by Crippen LogP contribution is -2.21. The predicted molar refractivity (Wildman–Crippen MR) is 92.2 cm³/mol. The molecule has 1 N–H and O–H groups in total. The van der Waals surface area contributed by atoms with Crippen molar-refractivity contribution < 1.29 is 4.74 Å². The maximum absolute atomic E-state index is 9.17. The summed E-state index contributed by atoms with van der Waals surface area (Å²) in [5.41, 5.74) is 0.269. The van der Waals surface area contributed by atoms with Gasteiger partial charge in [-0.15, -0.1) is 0 Å². The zero-order chi connectivity index (χ0) is 17.4. The Kier molecular flexibility index (Phi) is 4.32. The molecular formula is C17H19ClN6O. The van der Waals surface area contributed by atoms with E-state index in [1.165, 1.54) is 12.8 Å². The van der Waals surface area contributed by atoms with Gasteiger partial charge in [-0.2, -0.15) is 10.4 Å². The summed E-state index contributed by atoms with van der Waals surface area (Å²) in [5.74, 6) is 3.89. The summed E-state index contributed by atoms with van der Waals surface area (Å²) in [7, 11) is 1.64. The maximum atomic E-state index is 9.17. The van der Waals surface area contributed by atoms with Crippen molar-refractivity contribution in [1.82, 2.24) is 20.2 Å². The van der Waals surface area contributed by atoms with E-state index in [-0.39, 0.29) is 11.6 Å². The van der Waals surface area contributed by atoms with Gasteiger partial charge >= 0.3 is 0 Å². The number of methoxy groups -OCH3 is 1. The highest BCUT2D eigenvalue weighted by atomic mass is 35.5. The molecule has 1 saturated heterocycles. The number of aromatic amines is 1. The number of halogens is 1. The topological polar surface area (TPSA) is 90.7 Å². The number of ether oxygens (including phenoxy) is 1. The fourth-order valence-electron chi connectivity index (χ4n) is 3.65. The lowest BCUT2D eigenvalue weighted by molar-refractivity contribution is 0.178. The second-order valence-electron chi connectivity index (χ2n) is 6.70. The van der Waals surface area contributed by atoms with Gasteiger partial charge < -0.3 is 9.64 Å². The Labute approximate surface area is 151 Å². The molecule has 0 aromatic carbocycles. The average Bonchev–Trinajstić information content (AvgIpc) is 3.19. The summed E-state index contributed by atoms with van der Waals surface area (Å²) in [5, 5.41) is 16.9. The summed E-state index contributed by atoms with van der Waals surface area (Å²) in [4.78, 5) is 11.2. The highest BCUT2D eigenvalue weighted by Gasteiger charge is 2.45. The number of hydrogen-bond donors (Lipinski definition) is 1. The van der Waals surface area contributed by atoms with Gasteiger partial charge in [-0.3, -0.25) is 5.10 Å². The predicted octanol–water partition coefficient (Wildman–Crippen LogP) is 2.50. The molecule has 0 bridgehead atoms. The van der Waals surface area contributed by atoms with E-state index in [0.717, 1.165) is 36.5 Å². The van der Waals surface area contributed by atoms with Crippen molar-refractivity contribution in [1.29, 1.82) is 5.26 Å². The molecule has 7 nitrogen and oxygen atoms in total. The highest BCUT2D eigenvalue weighted by molar-refractivity contribution is 6.31. The van der Waals surface area contributed by atoms with Crippen LogP contribution >= 0.6 is 11.6 Å². The lowest BCUT2D eigenvalue weighted by Gasteiger charge is -2.17. The number of rotatable bonds is 5. The molecule has 0 amide bonds. The number of H-pyrrole nitrogens is 1. The van der Waals surface area contributed by atoms with Crippen molar-refractivity contribution in [3.63, 3.8) is 0 Å². The van der Waals surface area contributed by atoms with Crippen molar-refractivity contribution in [2.24, 2.45) is 11.8 Å². The van der Waals surface area contributed by atoms with Gasteiger partial charge in [0.1, 0.15) is 18.5 Å². The molecule has 2 fully saturated rings. The minimum absolute atomic E-state index is 0.261. The zero-order valence-corrected chi connectivity index (χ0v) is 14.7. The number of pyridine rings is 1. The second-order valence-corrected chi connectivity index (χ2v) is 7.10. The smallest absolute Gasteiger partial charge is 0.161 e. The van der Waals surface area contributed by atoms with E-state index in [0.29, 0.717) is 17.5 Å². The van der Waals surface area contributed by atoms with E-state index >= 15 is 0 Å². The first kappa shape index (κ1) is 16.3. The number of aromatic nitrogens is 4. The Morgan fingerprint density at radius 1 is 1.36 bits per heavy atom. The third-order valence-corrected chi connectivity index (χ3v) is 5.32. The molecule has 2 atom stereocenters. The number of nitrogens with one attached hydrogen (secondary N) is 1. The van der Waals surface area contributed by atoms with Gasteiger partial charge in [0.25, 0.3) is 0 Å². The Morgan fingerprint density at radius 3 is 2.92 bits per heavy atom. The minimum atomic E-state index is 0.261. The van der Waals surface area contributed by atoms with Gasteiger partial charge in [0.05, 0.1) is 5.02 Å². The molecule has 0 radical (unpaired) electrons. The van der Waals surface area contributed by atoms with Crippen molar-refractivity contribution in [2.45, 2.75) is 25.4 Å². The van der Waals surface area contributed by atoms with Crippen LogP contribution in [-0.2, 0) is 11.3 Å². The highest BCUT2D eigenvalue weighted by Crippen LogP contribution is 2.47. The first-order valence-corrected chi connectivity index (χ1v) is 8.79. The Bertz CT molecular complexity index is 812. The van der Waals surface area contributed by atoms with Crippen LogP contribution in [0.25, 0.3) is 0 Å². The van der Waals surface area contributed by atoms with Crippen LogP contribution in [0.4, 0.5) is 5.82 Å². The molecule has 4 rings (SSSR count). The summed E-state index contributed by atoms with van der Waals surface area (Å²) in [6, 6.07) is 5.67. The van der Waals surface area contributed by atoms with E-state index in [2.05, 4.69) is 31.1 Å².